The third kappa shape index (κ3) is 3.87. The molecule has 5 heteroatoms. The number of nitrogens with zero attached hydrogens (tertiary/aromatic N) is 2. The molecule has 0 saturated heterocycles. The fourth-order valence-electron chi connectivity index (χ4n) is 2.54. The second kappa shape index (κ2) is 7.08. The number of anilines is 2. The van der Waals surface area contributed by atoms with Gasteiger partial charge in [0.2, 0.25) is 5.91 Å². The van der Waals surface area contributed by atoms with E-state index in [2.05, 4.69) is 20.6 Å². The normalized spacial score (nSPS) is 10.6. The first-order valence-corrected chi connectivity index (χ1v) is 7.95. The maximum absolute atomic E-state index is 11.0. The molecule has 1 aromatic heterocycles. The van der Waals surface area contributed by atoms with E-state index in [0.29, 0.717) is 0 Å². The summed E-state index contributed by atoms with van der Waals surface area (Å²) in [5, 5.41) is 6.12. The maximum atomic E-state index is 11.0. The van der Waals surface area contributed by atoms with E-state index in [1.54, 1.807) is 0 Å². The van der Waals surface area contributed by atoms with Gasteiger partial charge in [-0.2, -0.15) is 0 Å². The summed E-state index contributed by atoms with van der Waals surface area (Å²) in [6, 6.07) is 15.7. The zero-order chi connectivity index (χ0) is 16.9. The van der Waals surface area contributed by atoms with Gasteiger partial charge in [0.05, 0.1) is 16.7 Å². The highest BCUT2D eigenvalue weighted by molar-refractivity contribution is 5.88. The van der Waals surface area contributed by atoms with Crippen LogP contribution >= 0.6 is 0 Å². The fraction of sp³-hybridized carbons (Fsp3) is 0.211. The predicted octanol–water partition coefficient (Wildman–Crippen LogP) is 3.55. The third-order valence-electron chi connectivity index (χ3n) is 3.73. The van der Waals surface area contributed by atoms with E-state index in [1.807, 2.05) is 55.5 Å². The Morgan fingerprint density at radius 3 is 2.33 bits per heavy atom. The maximum Gasteiger partial charge on any atom is 0.221 e. The Labute approximate surface area is 141 Å². The molecule has 0 saturated carbocycles. The summed E-state index contributed by atoms with van der Waals surface area (Å²) in [5.41, 5.74) is 4.72. The number of carbonyl (C=O) groups excluding carboxylic acids is 1. The SMILES string of the molecule is CC(=O)Nc1ccc(CCNc2nc3ccccc3nc2C)cc1. The van der Waals surface area contributed by atoms with E-state index < -0.39 is 0 Å². The molecule has 5 nitrogen and oxygen atoms in total. The van der Waals surface area contributed by atoms with Crippen LogP contribution in [0, 0.1) is 6.92 Å². The molecular weight excluding hydrogens is 300 g/mol. The highest BCUT2D eigenvalue weighted by Gasteiger charge is 2.04. The molecule has 24 heavy (non-hydrogen) atoms. The number of para-hydroxylation sites is 2. The number of rotatable bonds is 5. The Kier molecular flexibility index (Phi) is 4.70. The molecule has 0 unspecified atom stereocenters. The molecule has 3 aromatic rings. The molecule has 0 atom stereocenters. The van der Waals surface area contributed by atoms with Crippen LogP contribution in [-0.2, 0) is 11.2 Å². The molecule has 2 N–H and O–H groups in total. The van der Waals surface area contributed by atoms with Gasteiger partial charge in [0.1, 0.15) is 5.82 Å². The third-order valence-corrected chi connectivity index (χ3v) is 3.73. The van der Waals surface area contributed by atoms with Crippen molar-refractivity contribution in [1.82, 2.24) is 9.97 Å². The van der Waals surface area contributed by atoms with Gasteiger partial charge in [-0.05, 0) is 43.2 Å². The summed E-state index contributed by atoms with van der Waals surface area (Å²) in [7, 11) is 0. The monoisotopic (exact) mass is 320 g/mol. The minimum atomic E-state index is -0.0604. The second-order valence-corrected chi connectivity index (χ2v) is 5.70. The molecule has 122 valence electrons. The molecular formula is C19H20N4O. The van der Waals surface area contributed by atoms with Gasteiger partial charge in [0, 0.05) is 19.2 Å². The van der Waals surface area contributed by atoms with Gasteiger partial charge in [-0.15, -0.1) is 0 Å². The number of aryl methyl sites for hydroxylation is 1. The molecule has 0 aliphatic heterocycles. The Bertz CT molecular complexity index is 859. The lowest BCUT2D eigenvalue weighted by Gasteiger charge is -2.10. The average molecular weight is 320 g/mol. The van der Waals surface area contributed by atoms with E-state index in [9.17, 15) is 4.79 Å². The Morgan fingerprint density at radius 2 is 1.67 bits per heavy atom. The largest absolute Gasteiger partial charge is 0.368 e. The van der Waals surface area contributed by atoms with Crippen molar-refractivity contribution in [2.45, 2.75) is 20.3 Å². The van der Waals surface area contributed by atoms with Crippen molar-refractivity contribution in [1.29, 1.82) is 0 Å². The van der Waals surface area contributed by atoms with Crippen molar-refractivity contribution >= 4 is 28.4 Å². The zero-order valence-corrected chi connectivity index (χ0v) is 13.8. The Morgan fingerprint density at radius 1 is 1.00 bits per heavy atom. The van der Waals surface area contributed by atoms with Crippen LogP contribution < -0.4 is 10.6 Å². The Hall–Kier alpha value is -2.95. The first-order valence-electron chi connectivity index (χ1n) is 7.95. The van der Waals surface area contributed by atoms with Gasteiger partial charge >= 0.3 is 0 Å². The van der Waals surface area contributed by atoms with Gasteiger partial charge in [0.25, 0.3) is 0 Å². The summed E-state index contributed by atoms with van der Waals surface area (Å²) >= 11 is 0. The fourth-order valence-corrected chi connectivity index (χ4v) is 2.54. The lowest BCUT2D eigenvalue weighted by Crippen LogP contribution is -2.09. The Balaban J connectivity index is 1.62. The van der Waals surface area contributed by atoms with Crippen LogP contribution in [0.15, 0.2) is 48.5 Å². The zero-order valence-electron chi connectivity index (χ0n) is 13.8. The van der Waals surface area contributed by atoms with Crippen molar-refractivity contribution < 1.29 is 4.79 Å². The molecule has 0 fully saturated rings. The number of fused-ring (bicyclic) bond motifs is 1. The highest BCUT2D eigenvalue weighted by atomic mass is 16.1. The van der Waals surface area contributed by atoms with E-state index in [1.165, 1.54) is 12.5 Å². The number of carbonyl (C=O) groups is 1. The molecule has 1 amide bonds. The molecule has 3 rings (SSSR count). The minimum Gasteiger partial charge on any atom is -0.368 e. The summed E-state index contributed by atoms with van der Waals surface area (Å²) < 4.78 is 0. The summed E-state index contributed by atoms with van der Waals surface area (Å²) in [5.74, 6) is 0.762. The number of nitrogens with one attached hydrogen (secondary N) is 2. The smallest absolute Gasteiger partial charge is 0.221 e. The van der Waals surface area contributed by atoms with Crippen molar-refractivity contribution in [3.8, 4) is 0 Å². The predicted molar refractivity (Wildman–Crippen MR) is 97.2 cm³/mol. The quantitative estimate of drug-likeness (QED) is 0.754. The molecule has 0 spiro atoms. The van der Waals surface area contributed by atoms with Crippen LogP contribution in [0.1, 0.15) is 18.2 Å². The van der Waals surface area contributed by atoms with E-state index in [4.69, 9.17) is 0 Å². The van der Waals surface area contributed by atoms with E-state index in [-0.39, 0.29) is 5.91 Å². The van der Waals surface area contributed by atoms with Gasteiger partial charge in [0.15, 0.2) is 0 Å². The lowest BCUT2D eigenvalue weighted by molar-refractivity contribution is -0.114. The average Bonchev–Trinajstić information content (AvgIpc) is 2.56. The van der Waals surface area contributed by atoms with Crippen LogP contribution in [-0.4, -0.2) is 22.4 Å². The first-order chi connectivity index (χ1) is 11.6. The summed E-state index contributed by atoms with van der Waals surface area (Å²) in [6.07, 6.45) is 0.869. The van der Waals surface area contributed by atoms with E-state index >= 15 is 0 Å². The van der Waals surface area contributed by atoms with Crippen molar-refractivity contribution in [3.63, 3.8) is 0 Å². The van der Waals surface area contributed by atoms with Crippen LogP contribution in [0.25, 0.3) is 11.0 Å². The van der Waals surface area contributed by atoms with Crippen molar-refractivity contribution in [3.05, 3.63) is 59.8 Å². The number of aromatic nitrogens is 2. The lowest BCUT2D eigenvalue weighted by atomic mass is 10.1. The van der Waals surface area contributed by atoms with Crippen molar-refractivity contribution in [2.75, 3.05) is 17.2 Å². The van der Waals surface area contributed by atoms with E-state index in [0.717, 1.165) is 41.2 Å². The van der Waals surface area contributed by atoms with Crippen LogP contribution in [0.4, 0.5) is 11.5 Å². The standard InChI is InChI=1S/C19H20N4O/c1-13-19(23-18-6-4-3-5-17(18)21-13)20-12-11-15-7-9-16(10-8-15)22-14(2)24/h3-10H,11-12H2,1-2H3,(H,20,23)(H,22,24). The highest BCUT2D eigenvalue weighted by Crippen LogP contribution is 2.16. The van der Waals surface area contributed by atoms with Gasteiger partial charge in [-0.25, -0.2) is 9.97 Å². The number of hydrogen-bond acceptors (Lipinski definition) is 4. The molecule has 2 aromatic carbocycles. The molecule has 0 aliphatic carbocycles. The minimum absolute atomic E-state index is 0.0604. The summed E-state index contributed by atoms with van der Waals surface area (Å²) in [4.78, 5) is 20.2. The number of benzene rings is 2. The van der Waals surface area contributed by atoms with Gasteiger partial charge < -0.3 is 10.6 Å². The number of hydrogen-bond donors (Lipinski definition) is 2. The topological polar surface area (TPSA) is 66.9 Å². The second-order valence-electron chi connectivity index (χ2n) is 5.70. The first kappa shape index (κ1) is 15.9. The molecule has 0 radical (unpaired) electrons. The summed E-state index contributed by atoms with van der Waals surface area (Å²) in [6.45, 7) is 4.24. The van der Waals surface area contributed by atoms with Crippen LogP contribution in [0.2, 0.25) is 0 Å². The van der Waals surface area contributed by atoms with Crippen LogP contribution in [0.5, 0.6) is 0 Å². The molecule has 0 bridgehead atoms. The van der Waals surface area contributed by atoms with Crippen molar-refractivity contribution in [2.24, 2.45) is 0 Å². The molecule has 1 heterocycles. The molecule has 0 aliphatic rings. The van der Waals surface area contributed by atoms with Crippen LogP contribution in [0.3, 0.4) is 0 Å². The van der Waals surface area contributed by atoms with Gasteiger partial charge in [-0.3, -0.25) is 4.79 Å². The van der Waals surface area contributed by atoms with Gasteiger partial charge in [-0.1, -0.05) is 24.3 Å². The number of amides is 1.